The van der Waals surface area contributed by atoms with Crippen LogP contribution in [0.15, 0.2) is 70.0 Å². The van der Waals surface area contributed by atoms with Crippen molar-refractivity contribution in [1.82, 2.24) is 5.32 Å². The minimum Gasteiger partial charge on any atom is -0.354 e. The van der Waals surface area contributed by atoms with E-state index < -0.39 is 10.0 Å². The van der Waals surface area contributed by atoms with Crippen molar-refractivity contribution < 1.29 is 13.2 Å². The lowest BCUT2D eigenvalue weighted by atomic mass is 9.97. The van der Waals surface area contributed by atoms with Crippen molar-refractivity contribution >= 4 is 33.4 Å². The summed E-state index contributed by atoms with van der Waals surface area (Å²) in [6.07, 6.45) is 9.65. The second-order valence-electron chi connectivity index (χ2n) is 7.73. The number of anilines is 1. The van der Waals surface area contributed by atoms with Crippen LogP contribution in [0.4, 0.5) is 5.69 Å². The summed E-state index contributed by atoms with van der Waals surface area (Å²) in [5, 5.41) is 2.89. The van der Waals surface area contributed by atoms with Gasteiger partial charge in [0.25, 0.3) is 10.0 Å². The smallest absolute Gasteiger partial charge is 0.264 e. The maximum absolute atomic E-state index is 13.4. The molecule has 1 N–H and O–H groups in total. The number of thioether (sulfide) groups is 1. The molecule has 0 aromatic heterocycles. The Morgan fingerprint density at radius 3 is 2.39 bits per heavy atom. The summed E-state index contributed by atoms with van der Waals surface area (Å²) in [5.41, 5.74) is 2.88. The van der Waals surface area contributed by atoms with Gasteiger partial charge in [0.05, 0.1) is 10.6 Å². The molecule has 0 bridgehead atoms. The topological polar surface area (TPSA) is 66.5 Å². The summed E-state index contributed by atoms with van der Waals surface area (Å²) >= 11 is 1.55. The second-order valence-corrected chi connectivity index (χ2v) is 10.5. The van der Waals surface area contributed by atoms with E-state index in [9.17, 15) is 13.2 Å². The molecule has 7 heteroatoms. The van der Waals surface area contributed by atoms with E-state index in [2.05, 4.69) is 11.4 Å². The number of carbonyl (C=O) groups excluding carboxylic acids is 1. The lowest BCUT2D eigenvalue weighted by Gasteiger charge is -2.24. The molecule has 0 radical (unpaired) electrons. The number of allylic oxidation sites excluding steroid dienone is 1. The molecule has 1 amide bonds. The van der Waals surface area contributed by atoms with Crippen LogP contribution in [-0.2, 0) is 14.8 Å². The first kappa shape index (κ1) is 23.4. The molecular formula is C24H30N2O3S2. The fraction of sp³-hybridized carbons (Fsp3) is 0.375. The van der Waals surface area contributed by atoms with Gasteiger partial charge >= 0.3 is 0 Å². The minimum atomic E-state index is -3.88. The third-order valence-electron chi connectivity index (χ3n) is 5.41. The number of nitrogens with zero attached hydrogens (tertiary/aromatic N) is 1. The zero-order chi connectivity index (χ0) is 22.3. The van der Waals surface area contributed by atoms with E-state index >= 15 is 0 Å². The van der Waals surface area contributed by atoms with Crippen LogP contribution in [0.5, 0.6) is 0 Å². The number of amides is 1. The zero-order valence-corrected chi connectivity index (χ0v) is 19.8. The molecule has 0 atom stereocenters. The molecule has 166 valence electrons. The number of carbonyl (C=O) groups is 1. The van der Waals surface area contributed by atoms with Crippen molar-refractivity contribution in [3.63, 3.8) is 0 Å². The van der Waals surface area contributed by atoms with Crippen molar-refractivity contribution in [1.29, 1.82) is 0 Å². The van der Waals surface area contributed by atoms with Gasteiger partial charge in [-0.2, -0.15) is 0 Å². The molecule has 0 aliphatic heterocycles. The van der Waals surface area contributed by atoms with Gasteiger partial charge in [-0.05, 0) is 81.7 Å². The highest BCUT2D eigenvalue weighted by atomic mass is 32.2. The van der Waals surface area contributed by atoms with Crippen molar-refractivity contribution in [2.45, 2.75) is 48.8 Å². The van der Waals surface area contributed by atoms with Crippen LogP contribution in [0, 0.1) is 6.92 Å². The SMILES string of the molecule is CSc1ccc(S(=O)(=O)N(CC(=O)NCCC2=CCCCC2)c2ccc(C)cc2)cc1. The Labute approximate surface area is 190 Å². The summed E-state index contributed by atoms with van der Waals surface area (Å²) in [4.78, 5) is 13.8. The van der Waals surface area contributed by atoms with Crippen LogP contribution in [0.25, 0.3) is 0 Å². The summed E-state index contributed by atoms with van der Waals surface area (Å²) in [7, 11) is -3.88. The van der Waals surface area contributed by atoms with Gasteiger partial charge in [0.1, 0.15) is 6.54 Å². The number of sulfonamides is 1. The molecule has 0 fully saturated rings. The molecule has 31 heavy (non-hydrogen) atoms. The number of nitrogens with one attached hydrogen (secondary N) is 1. The molecule has 0 unspecified atom stereocenters. The maximum atomic E-state index is 13.4. The molecule has 0 heterocycles. The predicted molar refractivity (Wildman–Crippen MR) is 128 cm³/mol. The van der Waals surface area contributed by atoms with E-state index in [1.165, 1.54) is 22.7 Å². The molecule has 3 rings (SSSR count). The molecule has 0 spiro atoms. The van der Waals surface area contributed by atoms with Gasteiger partial charge in [0.15, 0.2) is 0 Å². The van der Waals surface area contributed by atoms with Crippen LogP contribution in [0.1, 0.15) is 37.7 Å². The standard InChI is InChI=1S/C24H30N2O3S2/c1-19-8-10-21(11-9-19)26(31(28,29)23-14-12-22(30-2)13-15-23)18-24(27)25-17-16-20-6-4-3-5-7-20/h6,8-15H,3-5,7,16-18H2,1-2H3,(H,25,27). The van der Waals surface area contributed by atoms with Gasteiger partial charge in [-0.15, -0.1) is 11.8 Å². The van der Waals surface area contributed by atoms with Gasteiger partial charge < -0.3 is 5.32 Å². The highest BCUT2D eigenvalue weighted by molar-refractivity contribution is 7.98. The quantitative estimate of drug-likeness (QED) is 0.428. The van der Waals surface area contributed by atoms with E-state index in [0.717, 1.165) is 29.7 Å². The Bertz CT molecular complexity index is 1010. The second kappa shape index (κ2) is 10.9. The fourth-order valence-corrected chi connectivity index (χ4v) is 5.41. The van der Waals surface area contributed by atoms with Crippen LogP contribution < -0.4 is 9.62 Å². The summed E-state index contributed by atoms with van der Waals surface area (Å²) in [6.45, 7) is 2.21. The van der Waals surface area contributed by atoms with Crippen molar-refractivity contribution in [2.24, 2.45) is 0 Å². The molecule has 1 aliphatic carbocycles. The molecule has 1 aliphatic rings. The third-order valence-corrected chi connectivity index (χ3v) is 7.94. The predicted octanol–water partition coefficient (Wildman–Crippen LogP) is 4.92. The number of benzene rings is 2. The van der Waals surface area contributed by atoms with Gasteiger partial charge in [-0.3, -0.25) is 9.10 Å². The highest BCUT2D eigenvalue weighted by Gasteiger charge is 2.27. The zero-order valence-electron chi connectivity index (χ0n) is 18.1. The monoisotopic (exact) mass is 458 g/mol. The highest BCUT2D eigenvalue weighted by Crippen LogP contribution is 2.26. The van der Waals surface area contributed by atoms with Gasteiger partial charge in [0.2, 0.25) is 5.91 Å². The van der Waals surface area contributed by atoms with Gasteiger partial charge in [-0.1, -0.05) is 29.3 Å². The average Bonchev–Trinajstić information content (AvgIpc) is 2.79. The van der Waals surface area contributed by atoms with E-state index in [1.807, 2.05) is 25.3 Å². The Kier molecular flexibility index (Phi) is 8.21. The third kappa shape index (κ3) is 6.37. The van der Waals surface area contributed by atoms with E-state index in [1.54, 1.807) is 48.2 Å². The maximum Gasteiger partial charge on any atom is 0.264 e. The van der Waals surface area contributed by atoms with Gasteiger partial charge in [0, 0.05) is 11.4 Å². The fourth-order valence-electron chi connectivity index (χ4n) is 3.58. The lowest BCUT2D eigenvalue weighted by molar-refractivity contribution is -0.119. The molecular weight excluding hydrogens is 428 g/mol. The van der Waals surface area contributed by atoms with E-state index in [4.69, 9.17) is 0 Å². The van der Waals surface area contributed by atoms with E-state index in [0.29, 0.717) is 12.2 Å². The summed E-state index contributed by atoms with van der Waals surface area (Å²) in [6, 6.07) is 13.9. The molecule has 2 aromatic rings. The Hall–Kier alpha value is -2.25. The Balaban J connectivity index is 1.76. The minimum absolute atomic E-state index is 0.172. The first-order valence-electron chi connectivity index (χ1n) is 10.6. The Morgan fingerprint density at radius 2 is 1.77 bits per heavy atom. The van der Waals surface area contributed by atoms with Crippen LogP contribution in [0.2, 0.25) is 0 Å². The van der Waals surface area contributed by atoms with Crippen molar-refractivity contribution in [3.8, 4) is 0 Å². The number of aryl methyl sites for hydroxylation is 1. The van der Waals surface area contributed by atoms with Crippen molar-refractivity contribution in [3.05, 3.63) is 65.7 Å². The van der Waals surface area contributed by atoms with Crippen molar-refractivity contribution in [2.75, 3.05) is 23.7 Å². The number of rotatable bonds is 9. The summed E-state index contributed by atoms with van der Waals surface area (Å²) in [5.74, 6) is -0.304. The van der Waals surface area contributed by atoms with Gasteiger partial charge in [-0.25, -0.2) is 8.42 Å². The normalized spacial score (nSPS) is 14.1. The van der Waals surface area contributed by atoms with Crippen LogP contribution in [-0.4, -0.2) is 33.7 Å². The Morgan fingerprint density at radius 1 is 1.06 bits per heavy atom. The largest absolute Gasteiger partial charge is 0.354 e. The molecule has 2 aromatic carbocycles. The first-order valence-corrected chi connectivity index (χ1v) is 13.2. The van der Waals surface area contributed by atoms with E-state index in [-0.39, 0.29) is 17.3 Å². The molecule has 0 saturated carbocycles. The molecule has 0 saturated heterocycles. The lowest BCUT2D eigenvalue weighted by Crippen LogP contribution is -2.41. The van der Waals surface area contributed by atoms with Crippen LogP contribution in [0.3, 0.4) is 0 Å². The van der Waals surface area contributed by atoms with Crippen LogP contribution >= 0.6 is 11.8 Å². The number of hydrogen-bond acceptors (Lipinski definition) is 4. The number of hydrogen-bond donors (Lipinski definition) is 1. The molecule has 5 nitrogen and oxygen atoms in total. The average molecular weight is 459 g/mol. The summed E-state index contributed by atoms with van der Waals surface area (Å²) < 4.78 is 28.0. The first-order chi connectivity index (χ1) is 14.9.